The van der Waals surface area contributed by atoms with E-state index in [4.69, 9.17) is 0 Å². The molecule has 5 nitrogen and oxygen atoms in total. The Balaban J connectivity index is 1.57. The summed E-state index contributed by atoms with van der Waals surface area (Å²) in [7, 11) is 3.92. The van der Waals surface area contributed by atoms with E-state index >= 15 is 0 Å². The molecule has 0 unspecified atom stereocenters. The summed E-state index contributed by atoms with van der Waals surface area (Å²) in [6.07, 6.45) is 1.38. The van der Waals surface area contributed by atoms with Crippen molar-refractivity contribution in [3.63, 3.8) is 0 Å². The van der Waals surface area contributed by atoms with Gasteiger partial charge in [0.05, 0.1) is 0 Å². The number of piperidine rings is 1. The van der Waals surface area contributed by atoms with E-state index in [0.717, 1.165) is 11.4 Å². The van der Waals surface area contributed by atoms with E-state index in [1.807, 2.05) is 78.5 Å². The van der Waals surface area contributed by atoms with Crippen LogP contribution in [0.25, 0.3) is 0 Å². The van der Waals surface area contributed by atoms with Gasteiger partial charge in [0.2, 0.25) is 5.91 Å². The molecule has 5 heteroatoms. The van der Waals surface area contributed by atoms with Gasteiger partial charge in [-0.1, -0.05) is 24.3 Å². The minimum atomic E-state index is -0.0487. The van der Waals surface area contributed by atoms with Gasteiger partial charge >= 0.3 is 0 Å². The predicted octanol–water partition coefficient (Wildman–Crippen LogP) is 3.24. The van der Waals surface area contributed by atoms with Crippen molar-refractivity contribution in [3.05, 3.63) is 60.2 Å². The first-order valence-electron chi connectivity index (χ1n) is 8.97. The molecule has 2 amide bonds. The lowest BCUT2D eigenvalue weighted by Gasteiger charge is -2.31. The number of carbonyl (C=O) groups is 2. The summed E-state index contributed by atoms with van der Waals surface area (Å²) in [5.41, 5.74) is 2.52. The summed E-state index contributed by atoms with van der Waals surface area (Å²) in [6, 6.07) is 17.1. The van der Waals surface area contributed by atoms with Gasteiger partial charge in [-0.25, -0.2) is 0 Å². The van der Waals surface area contributed by atoms with Crippen molar-refractivity contribution in [1.29, 1.82) is 0 Å². The third-order valence-corrected chi connectivity index (χ3v) is 4.80. The van der Waals surface area contributed by atoms with Crippen LogP contribution in [0.4, 0.5) is 11.4 Å². The highest BCUT2D eigenvalue weighted by atomic mass is 16.2. The second-order valence-electron chi connectivity index (χ2n) is 6.87. The van der Waals surface area contributed by atoms with Crippen molar-refractivity contribution < 1.29 is 9.59 Å². The average Bonchev–Trinajstić information content (AvgIpc) is 2.68. The fraction of sp³-hybridized carbons (Fsp3) is 0.333. The number of hydrogen-bond acceptors (Lipinski definition) is 3. The van der Waals surface area contributed by atoms with Crippen LogP contribution in [0.15, 0.2) is 54.6 Å². The Morgan fingerprint density at radius 2 is 1.69 bits per heavy atom. The highest BCUT2D eigenvalue weighted by molar-refractivity contribution is 5.96. The zero-order chi connectivity index (χ0) is 18.5. The third kappa shape index (κ3) is 4.23. The summed E-state index contributed by atoms with van der Waals surface area (Å²) in [6.45, 7) is 1.22. The summed E-state index contributed by atoms with van der Waals surface area (Å²) < 4.78 is 0. The molecular formula is C21H25N3O2. The van der Waals surface area contributed by atoms with E-state index in [0.29, 0.717) is 31.5 Å². The molecule has 1 heterocycles. The molecule has 0 radical (unpaired) electrons. The second kappa shape index (κ2) is 8.04. The first-order valence-corrected chi connectivity index (χ1v) is 8.97. The zero-order valence-corrected chi connectivity index (χ0v) is 15.3. The highest BCUT2D eigenvalue weighted by Gasteiger charge is 2.28. The molecule has 1 aliphatic heterocycles. The molecule has 0 atom stereocenters. The van der Waals surface area contributed by atoms with Crippen LogP contribution < -0.4 is 10.2 Å². The molecule has 2 aromatic rings. The lowest BCUT2D eigenvalue weighted by Crippen LogP contribution is -2.41. The summed E-state index contributed by atoms with van der Waals surface area (Å²) in [5.74, 6) is 0.0286. The lowest BCUT2D eigenvalue weighted by atomic mass is 9.95. The van der Waals surface area contributed by atoms with Gasteiger partial charge in [-0.3, -0.25) is 9.59 Å². The van der Waals surface area contributed by atoms with Crippen LogP contribution in [0.1, 0.15) is 23.2 Å². The van der Waals surface area contributed by atoms with Gasteiger partial charge in [-0.2, -0.15) is 0 Å². The molecule has 0 saturated carbocycles. The van der Waals surface area contributed by atoms with Gasteiger partial charge in [-0.15, -0.1) is 0 Å². The lowest BCUT2D eigenvalue weighted by molar-refractivity contribution is -0.121. The molecule has 0 aromatic heterocycles. The van der Waals surface area contributed by atoms with Crippen molar-refractivity contribution in [1.82, 2.24) is 4.90 Å². The molecule has 1 fully saturated rings. The Bertz CT molecular complexity index is 766. The van der Waals surface area contributed by atoms with E-state index in [9.17, 15) is 9.59 Å². The maximum atomic E-state index is 12.7. The average molecular weight is 351 g/mol. The van der Waals surface area contributed by atoms with E-state index in [1.165, 1.54) is 0 Å². The molecule has 136 valence electrons. The van der Waals surface area contributed by atoms with Crippen molar-refractivity contribution in [3.8, 4) is 0 Å². The number of nitrogens with zero attached hydrogens (tertiary/aromatic N) is 2. The van der Waals surface area contributed by atoms with Gasteiger partial charge in [-0.05, 0) is 43.2 Å². The Morgan fingerprint density at radius 1 is 1.00 bits per heavy atom. The standard InChI is InChI=1S/C21H25N3O2/c1-23(2)19-10-6-7-17(15-19)21(26)24-13-11-16(12-14-24)20(25)22-18-8-4-3-5-9-18/h3-10,15-16H,11-14H2,1-2H3,(H,22,25). The van der Waals surface area contributed by atoms with Gasteiger partial charge < -0.3 is 15.1 Å². The number of rotatable bonds is 4. The number of anilines is 2. The van der Waals surface area contributed by atoms with E-state index in [1.54, 1.807) is 0 Å². The predicted molar refractivity (Wildman–Crippen MR) is 104 cm³/mol. The minimum absolute atomic E-state index is 0.0376. The van der Waals surface area contributed by atoms with E-state index < -0.39 is 0 Å². The molecular weight excluding hydrogens is 326 g/mol. The van der Waals surface area contributed by atoms with Crippen molar-refractivity contribution in [2.45, 2.75) is 12.8 Å². The number of amides is 2. The molecule has 1 aliphatic rings. The zero-order valence-electron chi connectivity index (χ0n) is 15.3. The first kappa shape index (κ1) is 18.0. The fourth-order valence-corrected chi connectivity index (χ4v) is 3.21. The normalized spacial score (nSPS) is 14.8. The maximum Gasteiger partial charge on any atom is 0.253 e. The van der Waals surface area contributed by atoms with Crippen LogP contribution in [0.3, 0.4) is 0 Å². The van der Waals surface area contributed by atoms with Crippen LogP contribution in [-0.2, 0) is 4.79 Å². The number of likely N-dealkylation sites (tertiary alicyclic amines) is 1. The van der Waals surface area contributed by atoms with E-state index in [2.05, 4.69) is 5.32 Å². The van der Waals surface area contributed by atoms with Crippen LogP contribution in [0, 0.1) is 5.92 Å². The Hall–Kier alpha value is -2.82. The molecule has 0 spiro atoms. The number of para-hydroxylation sites is 1. The Kier molecular flexibility index (Phi) is 5.56. The number of carbonyl (C=O) groups excluding carboxylic acids is 2. The summed E-state index contributed by atoms with van der Waals surface area (Å²) in [5, 5.41) is 2.96. The van der Waals surface area contributed by atoms with Gasteiger partial charge in [0, 0.05) is 50.0 Å². The van der Waals surface area contributed by atoms with Crippen LogP contribution in [0.5, 0.6) is 0 Å². The molecule has 26 heavy (non-hydrogen) atoms. The van der Waals surface area contributed by atoms with Crippen molar-refractivity contribution >= 4 is 23.2 Å². The topological polar surface area (TPSA) is 52.7 Å². The molecule has 3 rings (SSSR count). The SMILES string of the molecule is CN(C)c1cccc(C(=O)N2CCC(C(=O)Nc3ccccc3)CC2)c1. The van der Waals surface area contributed by atoms with Crippen molar-refractivity contribution in [2.75, 3.05) is 37.4 Å². The van der Waals surface area contributed by atoms with Crippen LogP contribution in [0.2, 0.25) is 0 Å². The Morgan fingerprint density at radius 3 is 2.35 bits per heavy atom. The molecule has 0 aliphatic carbocycles. The van der Waals surface area contributed by atoms with E-state index in [-0.39, 0.29) is 17.7 Å². The van der Waals surface area contributed by atoms with Gasteiger partial charge in [0.25, 0.3) is 5.91 Å². The molecule has 1 saturated heterocycles. The van der Waals surface area contributed by atoms with Crippen molar-refractivity contribution in [2.24, 2.45) is 5.92 Å². The quantitative estimate of drug-likeness (QED) is 0.920. The van der Waals surface area contributed by atoms with Gasteiger partial charge in [0.15, 0.2) is 0 Å². The molecule has 1 N–H and O–H groups in total. The number of benzene rings is 2. The largest absolute Gasteiger partial charge is 0.378 e. The van der Waals surface area contributed by atoms with Gasteiger partial charge in [0.1, 0.15) is 0 Å². The minimum Gasteiger partial charge on any atom is -0.378 e. The molecule has 0 bridgehead atoms. The fourth-order valence-electron chi connectivity index (χ4n) is 3.21. The number of hydrogen-bond donors (Lipinski definition) is 1. The number of nitrogens with one attached hydrogen (secondary N) is 1. The summed E-state index contributed by atoms with van der Waals surface area (Å²) >= 11 is 0. The molecule has 2 aromatic carbocycles. The third-order valence-electron chi connectivity index (χ3n) is 4.80. The Labute approximate surface area is 154 Å². The maximum absolute atomic E-state index is 12.7. The van der Waals surface area contributed by atoms with Crippen LogP contribution >= 0.6 is 0 Å². The van der Waals surface area contributed by atoms with Crippen LogP contribution in [-0.4, -0.2) is 43.9 Å². The summed E-state index contributed by atoms with van der Waals surface area (Å²) in [4.78, 5) is 29.0. The second-order valence-corrected chi connectivity index (χ2v) is 6.87. The smallest absolute Gasteiger partial charge is 0.253 e. The first-order chi connectivity index (χ1) is 12.5. The highest BCUT2D eigenvalue weighted by Crippen LogP contribution is 2.22. The monoisotopic (exact) mass is 351 g/mol.